The molecule has 2 aromatic rings. The van der Waals surface area contributed by atoms with Crippen LogP contribution in [0.3, 0.4) is 0 Å². The van der Waals surface area contributed by atoms with E-state index in [1.807, 2.05) is 6.07 Å². The quantitative estimate of drug-likeness (QED) is 0.915. The van der Waals surface area contributed by atoms with E-state index in [-0.39, 0.29) is 17.8 Å². The van der Waals surface area contributed by atoms with E-state index in [0.717, 1.165) is 17.7 Å². The van der Waals surface area contributed by atoms with Crippen molar-refractivity contribution in [3.05, 3.63) is 53.7 Å². The summed E-state index contributed by atoms with van der Waals surface area (Å²) in [6.07, 6.45) is 3.66. The number of rotatable bonds is 2. The van der Waals surface area contributed by atoms with Gasteiger partial charge in [0.05, 0.1) is 17.9 Å². The van der Waals surface area contributed by atoms with Gasteiger partial charge in [0.1, 0.15) is 12.1 Å². The molecule has 1 amide bonds. The van der Waals surface area contributed by atoms with Gasteiger partial charge in [-0.3, -0.25) is 4.79 Å². The van der Waals surface area contributed by atoms with Crippen molar-refractivity contribution in [2.24, 2.45) is 0 Å². The van der Waals surface area contributed by atoms with Crippen molar-refractivity contribution in [3.63, 3.8) is 0 Å². The van der Waals surface area contributed by atoms with Gasteiger partial charge in [-0.1, -0.05) is 12.1 Å². The second-order valence-electron chi connectivity index (χ2n) is 4.33. The van der Waals surface area contributed by atoms with Crippen LogP contribution in [-0.2, 0) is 0 Å². The van der Waals surface area contributed by atoms with Gasteiger partial charge in [-0.15, -0.1) is 11.8 Å². The molecule has 1 aromatic carbocycles. The van der Waals surface area contributed by atoms with Crippen LogP contribution in [0, 0.1) is 5.82 Å². The van der Waals surface area contributed by atoms with Crippen molar-refractivity contribution in [1.29, 1.82) is 0 Å². The lowest BCUT2D eigenvalue weighted by Crippen LogP contribution is -2.30. The average Bonchev–Trinajstić information content (AvgIpc) is 2.94. The lowest BCUT2D eigenvalue weighted by molar-refractivity contribution is 0.0934. The van der Waals surface area contributed by atoms with Gasteiger partial charge in [0.15, 0.2) is 0 Å². The van der Waals surface area contributed by atoms with E-state index in [4.69, 9.17) is 4.42 Å². The lowest BCUT2D eigenvalue weighted by atomic mass is 10.0. The maximum absolute atomic E-state index is 13.7. The Kier molecular flexibility index (Phi) is 3.29. The zero-order valence-electron chi connectivity index (χ0n) is 10.1. The summed E-state index contributed by atoms with van der Waals surface area (Å²) in [5, 5.41) is 2.93. The van der Waals surface area contributed by atoms with E-state index in [0.29, 0.717) is 10.5 Å². The van der Waals surface area contributed by atoms with Gasteiger partial charge in [0, 0.05) is 10.6 Å². The zero-order chi connectivity index (χ0) is 13.2. The van der Waals surface area contributed by atoms with E-state index < -0.39 is 0 Å². The summed E-state index contributed by atoms with van der Waals surface area (Å²) in [7, 11) is 0. The van der Waals surface area contributed by atoms with Crippen LogP contribution in [0.4, 0.5) is 4.39 Å². The third-order valence-corrected chi connectivity index (χ3v) is 4.27. The van der Waals surface area contributed by atoms with E-state index in [1.54, 1.807) is 12.1 Å². The number of amides is 1. The molecule has 0 saturated heterocycles. The molecule has 1 aliphatic rings. The highest BCUT2D eigenvalue weighted by atomic mass is 32.2. The predicted molar refractivity (Wildman–Crippen MR) is 70.7 cm³/mol. The smallest absolute Gasteiger partial charge is 0.255 e. The minimum absolute atomic E-state index is 0.144. The molecule has 0 spiro atoms. The number of hydrogen-bond donors (Lipinski definition) is 1. The maximum atomic E-state index is 13.7. The molecule has 19 heavy (non-hydrogen) atoms. The van der Waals surface area contributed by atoms with Crippen LogP contribution in [0.1, 0.15) is 28.4 Å². The van der Waals surface area contributed by atoms with Gasteiger partial charge in [0.2, 0.25) is 0 Å². The fourth-order valence-electron chi connectivity index (χ4n) is 2.17. The number of carbonyl (C=O) groups is 1. The second-order valence-corrected chi connectivity index (χ2v) is 5.44. The molecule has 1 aliphatic heterocycles. The Morgan fingerprint density at radius 1 is 1.42 bits per heavy atom. The molecule has 0 bridgehead atoms. The van der Waals surface area contributed by atoms with Crippen LogP contribution in [0.25, 0.3) is 0 Å². The number of furan rings is 1. The van der Waals surface area contributed by atoms with Crippen molar-refractivity contribution < 1.29 is 13.6 Å². The standard InChI is InChI=1S/C14H12FNO2S/c15-11-3-1-2-10-12(5-7-19-13(10)11)16-14(17)9-4-6-18-8-9/h1-4,6,8,12H,5,7H2,(H,16,17)/t12-/m0/s1. The highest BCUT2D eigenvalue weighted by molar-refractivity contribution is 7.99. The molecule has 0 radical (unpaired) electrons. The number of fused-ring (bicyclic) bond motifs is 1. The van der Waals surface area contributed by atoms with Crippen molar-refractivity contribution in [1.82, 2.24) is 5.32 Å². The Morgan fingerprint density at radius 3 is 3.11 bits per heavy atom. The second kappa shape index (κ2) is 5.09. The number of benzene rings is 1. The zero-order valence-corrected chi connectivity index (χ0v) is 10.9. The molecule has 0 aliphatic carbocycles. The Hall–Kier alpha value is -1.75. The van der Waals surface area contributed by atoms with Crippen LogP contribution in [0.15, 0.2) is 46.1 Å². The van der Waals surface area contributed by atoms with Crippen LogP contribution < -0.4 is 5.32 Å². The van der Waals surface area contributed by atoms with Gasteiger partial charge in [-0.25, -0.2) is 4.39 Å². The summed E-state index contributed by atoms with van der Waals surface area (Å²) >= 11 is 1.50. The van der Waals surface area contributed by atoms with Crippen LogP contribution in [-0.4, -0.2) is 11.7 Å². The topological polar surface area (TPSA) is 42.2 Å². The van der Waals surface area contributed by atoms with Crippen LogP contribution >= 0.6 is 11.8 Å². The van der Waals surface area contributed by atoms with Crippen molar-refractivity contribution in [2.75, 3.05) is 5.75 Å². The summed E-state index contributed by atoms with van der Waals surface area (Å²) in [6, 6.07) is 6.46. The number of carbonyl (C=O) groups excluding carboxylic acids is 1. The third kappa shape index (κ3) is 2.38. The molecule has 0 fully saturated rings. The monoisotopic (exact) mass is 277 g/mol. The van der Waals surface area contributed by atoms with Crippen LogP contribution in [0.5, 0.6) is 0 Å². The van der Waals surface area contributed by atoms with E-state index in [9.17, 15) is 9.18 Å². The molecular formula is C14H12FNO2S. The fourth-order valence-corrected chi connectivity index (χ4v) is 3.31. The van der Waals surface area contributed by atoms with E-state index >= 15 is 0 Å². The SMILES string of the molecule is O=C(N[C@H]1CCSc2c(F)cccc21)c1ccoc1. The lowest BCUT2D eigenvalue weighted by Gasteiger charge is -2.26. The molecule has 5 heteroatoms. The van der Waals surface area contributed by atoms with E-state index in [1.165, 1.54) is 30.4 Å². The van der Waals surface area contributed by atoms with Gasteiger partial charge < -0.3 is 9.73 Å². The minimum Gasteiger partial charge on any atom is -0.472 e. The Bertz CT molecular complexity index is 597. The summed E-state index contributed by atoms with van der Waals surface area (Å²) in [4.78, 5) is 12.6. The molecule has 3 nitrogen and oxygen atoms in total. The van der Waals surface area contributed by atoms with Crippen molar-refractivity contribution in [2.45, 2.75) is 17.4 Å². The average molecular weight is 277 g/mol. The highest BCUT2D eigenvalue weighted by Gasteiger charge is 2.24. The molecule has 1 aromatic heterocycles. The summed E-state index contributed by atoms with van der Waals surface area (Å²) < 4.78 is 18.6. The number of halogens is 1. The van der Waals surface area contributed by atoms with E-state index in [2.05, 4.69) is 5.32 Å². The number of thioether (sulfide) groups is 1. The fraction of sp³-hybridized carbons (Fsp3) is 0.214. The number of hydrogen-bond acceptors (Lipinski definition) is 3. The molecular weight excluding hydrogens is 265 g/mol. The largest absolute Gasteiger partial charge is 0.472 e. The Labute approximate surface area is 114 Å². The predicted octanol–water partition coefficient (Wildman–Crippen LogP) is 3.39. The van der Waals surface area contributed by atoms with Gasteiger partial charge >= 0.3 is 0 Å². The minimum atomic E-state index is -0.218. The van der Waals surface area contributed by atoms with Gasteiger partial charge in [0.25, 0.3) is 5.91 Å². The normalized spacial score (nSPS) is 17.8. The summed E-state index contributed by atoms with van der Waals surface area (Å²) in [5.41, 5.74) is 1.34. The van der Waals surface area contributed by atoms with Crippen LogP contribution in [0.2, 0.25) is 0 Å². The summed E-state index contributed by atoms with van der Waals surface area (Å²) in [6.45, 7) is 0. The van der Waals surface area contributed by atoms with Crippen molar-refractivity contribution >= 4 is 17.7 Å². The molecule has 3 rings (SSSR count). The molecule has 0 saturated carbocycles. The first-order valence-corrected chi connectivity index (χ1v) is 6.98. The first-order valence-electron chi connectivity index (χ1n) is 6.00. The molecule has 1 N–H and O–H groups in total. The summed E-state index contributed by atoms with van der Waals surface area (Å²) in [5.74, 6) is 0.384. The first kappa shape index (κ1) is 12.3. The molecule has 98 valence electrons. The molecule has 1 atom stereocenters. The molecule has 2 heterocycles. The Balaban J connectivity index is 1.84. The maximum Gasteiger partial charge on any atom is 0.255 e. The first-order chi connectivity index (χ1) is 9.25. The van der Waals surface area contributed by atoms with Crippen molar-refractivity contribution in [3.8, 4) is 0 Å². The Morgan fingerprint density at radius 2 is 2.32 bits per heavy atom. The molecule has 0 unspecified atom stereocenters. The third-order valence-electron chi connectivity index (χ3n) is 3.11. The van der Waals surface area contributed by atoms with Gasteiger partial charge in [-0.2, -0.15) is 0 Å². The van der Waals surface area contributed by atoms with Gasteiger partial charge in [-0.05, 0) is 24.1 Å². The highest BCUT2D eigenvalue weighted by Crippen LogP contribution is 2.37. The number of nitrogens with one attached hydrogen (secondary N) is 1.